The van der Waals surface area contributed by atoms with E-state index in [1.807, 2.05) is 24.3 Å². The molecule has 1 aliphatic rings. The highest BCUT2D eigenvalue weighted by Crippen LogP contribution is 2.30. The molecule has 0 saturated carbocycles. The van der Waals surface area contributed by atoms with E-state index in [4.69, 9.17) is 4.74 Å². The summed E-state index contributed by atoms with van der Waals surface area (Å²) < 4.78 is 32.1. The Morgan fingerprint density at radius 2 is 1.94 bits per heavy atom. The predicted molar refractivity (Wildman–Crippen MR) is 117 cm³/mol. The molecule has 0 amide bonds. The van der Waals surface area contributed by atoms with Crippen LogP contribution in [0.15, 0.2) is 53.6 Å². The second-order valence-electron chi connectivity index (χ2n) is 7.53. The van der Waals surface area contributed by atoms with Crippen molar-refractivity contribution in [2.75, 3.05) is 31.6 Å². The quantitative estimate of drug-likeness (QED) is 0.360. The Kier molecular flexibility index (Phi) is 6.31. The standard InChI is InChI=1S/C21H22N4O7S/c26-21(27)19(11-14-13-22-17-4-2-1-3-16(14)17)23-18-6-5-15(12-20(18)25(28)29)33(30,31)24-7-9-32-10-8-24/h1-6,12-13,19,22-23H,7-11H2,(H,26,27)/p-1/t19-/m1/s1. The minimum atomic E-state index is -3.96. The third-order valence-electron chi connectivity index (χ3n) is 5.49. The molecule has 1 atom stereocenters. The van der Waals surface area contributed by atoms with E-state index in [0.717, 1.165) is 17.0 Å². The van der Waals surface area contributed by atoms with Gasteiger partial charge in [-0.2, -0.15) is 4.31 Å². The number of nitrogens with one attached hydrogen (secondary N) is 2. The van der Waals surface area contributed by atoms with Crippen molar-refractivity contribution in [3.63, 3.8) is 0 Å². The van der Waals surface area contributed by atoms with E-state index in [1.165, 1.54) is 16.4 Å². The normalized spacial score (nSPS) is 15.9. The van der Waals surface area contributed by atoms with Crippen LogP contribution in [0.4, 0.5) is 11.4 Å². The smallest absolute Gasteiger partial charge is 0.293 e. The Balaban J connectivity index is 1.63. The Hall–Kier alpha value is -3.48. The van der Waals surface area contributed by atoms with Crippen molar-refractivity contribution in [1.82, 2.24) is 9.29 Å². The third kappa shape index (κ3) is 4.67. The average Bonchev–Trinajstić information content (AvgIpc) is 3.22. The Bertz CT molecular complexity index is 1300. The second kappa shape index (κ2) is 9.17. The maximum Gasteiger partial charge on any atom is 0.293 e. The molecular formula is C21H21N4O7S-. The van der Waals surface area contributed by atoms with Crippen LogP contribution in [0, 0.1) is 10.1 Å². The van der Waals surface area contributed by atoms with Crippen molar-refractivity contribution in [2.24, 2.45) is 0 Å². The van der Waals surface area contributed by atoms with E-state index in [1.54, 1.807) is 6.20 Å². The molecule has 174 valence electrons. The van der Waals surface area contributed by atoms with Crippen molar-refractivity contribution >= 4 is 38.3 Å². The molecular weight excluding hydrogens is 452 g/mol. The summed E-state index contributed by atoms with van der Waals surface area (Å²) in [7, 11) is -3.96. The second-order valence-corrected chi connectivity index (χ2v) is 9.47. The van der Waals surface area contributed by atoms with Gasteiger partial charge in [0.1, 0.15) is 5.69 Å². The Morgan fingerprint density at radius 3 is 2.64 bits per heavy atom. The average molecular weight is 473 g/mol. The molecule has 1 fully saturated rings. The summed E-state index contributed by atoms with van der Waals surface area (Å²) in [5.41, 5.74) is 0.860. The first-order valence-electron chi connectivity index (χ1n) is 10.2. The molecule has 0 radical (unpaired) electrons. The molecule has 12 heteroatoms. The number of anilines is 1. The zero-order valence-corrected chi connectivity index (χ0v) is 18.2. The van der Waals surface area contributed by atoms with Crippen LogP contribution in [0.2, 0.25) is 0 Å². The molecule has 1 saturated heterocycles. The summed E-state index contributed by atoms with van der Waals surface area (Å²) in [5, 5.41) is 27.0. The number of nitro benzene ring substituents is 1. The van der Waals surface area contributed by atoms with E-state index in [0.29, 0.717) is 5.56 Å². The number of benzene rings is 2. The van der Waals surface area contributed by atoms with Gasteiger partial charge >= 0.3 is 0 Å². The molecule has 0 spiro atoms. The summed E-state index contributed by atoms with van der Waals surface area (Å²) in [6.45, 7) is 0.769. The summed E-state index contributed by atoms with van der Waals surface area (Å²) >= 11 is 0. The van der Waals surface area contributed by atoms with Crippen molar-refractivity contribution < 1.29 is 28.0 Å². The minimum Gasteiger partial charge on any atom is -0.548 e. The number of nitrogens with zero attached hydrogens (tertiary/aromatic N) is 2. The number of aliphatic carboxylic acids is 1. The first-order valence-corrected chi connectivity index (χ1v) is 11.6. The predicted octanol–water partition coefficient (Wildman–Crippen LogP) is 0.870. The maximum absolute atomic E-state index is 12.9. The van der Waals surface area contributed by atoms with E-state index in [9.17, 15) is 28.4 Å². The summed E-state index contributed by atoms with van der Waals surface area (Å²) in [6.07, 6.45) is 1.67. The van der Waals surface area contributed by atoms with E-state index < -0.39 is 32.6 Å². The number of rotatable bonds is 8. The molecule has 0 aliphatic carbocycles. The van der Waals surface area contributed by atoms with Gasteiger partial charge in [-0.3, -0.25) is 10.1 Å². The van der Waals surface area contributed by atoms with Crippen LogP contribution in [0.3, 0.4) is 0 Å². The van der Waals surface area contributed by atoms with Gasteiger partial charge in [-0.05, 0) is 23.8 Å². The number of hydrogen-bond acceptors (Lipinski definition) is 8. The zero-order valence-electron chi connectivity index (χ0n) is 17.4. The molecule has 2 aromatic carbocycles. The fourth-order valence-electron chi connectivity index (χ4n) is 3.78. The third-order valence-corrected chi connectivity index (χ3v) is 7.38. The molecule has 1 aliphatic heterocycles. The number of aromatic nitrogens is 1. The fraction of sp³-hybridized carbons (Fsp3) is 0.286. The molecule has 4 rings (SSSR count). The van der Waals surface area contributed by atoms with Crippen molar-refractivity contribution in [3.05, 3.63) is 64.3 Å². The number of morpholine rings is 1. The topological polar surface area (TPSA) is 158 Å². The number of hydrogen-bond donors (Lipinski definition) is 2. The first-order chi connectivity index (χ1) is 15.8. The van der Waals surface area contributed by atoms with Gasteiger partial charge in [0.2, 0.25) is 10.0 Å². The molecule has 0 bridgehead atoms. The number of aromatic amines is 1. The maximum atomic E-state index is 12.9. The number of para-hydroxylation sites is 1. The minimum absolute atomic E-state index is 0.00265. The SMILES string of the molecule is O=C([O-])[C@@H](Cc1c[nH]c2ccccc12)Nc1ccc(S(=O)(=O)N2CCOCC2)cc1[N+](=O)[O-]. The highest BCUT2D eigenvalue weighted by molar-refractivity contribution is 7.89. The lowest BCUT2D eigenvalue weighted by Gasteiger charge is -2.26. The van der Waals surface area contributed by atoms with Crippen molar-refractivity contribution in [3.8, 4) is 0 Å². The Morgan fingerprint density at radius 1 is 1.21 bits per heavy atom. The number of carbonyl (C=O) groups is 1. The van der Waals surface area contributed by atoms with Crippen LogP contribution in [0.1, 0.15) is 5.56 Å². The van der Waals surface area contributed by atoms with Crippen LogP contribution >= 0.6 is 0 Å². The number of ether oxygens (including phenoxy) is 1. The van der Waals surface area contributed by atoms with Crippen molar-refractivity contribution in [2.45, 2.75) is 17.4 Å². The number of carbonyl (C=O) groups excluding carboxylic acids is 1. The van der Waals surface area contributed by atoms with Gasteiger partial charge in [0.05, 0.1) is 35.0 Å². The number of nitro groups is 1. The molecule has 11 nitrogen and oxygen atoms in total. The van der Waals surface area contributed by atoms with E-state index in [-0.39, 0.29) is 43.3 Å². The summed E-state index contributed by atoms with van der Waals surface area (Å²) in [6, 6.07) is 9.41. The lowest BCUT2D eigenvalue weighted by Crippen LogP contribution is -2.42. The largest absolute Gasteiger partial charge is 0.548 e. The van der Waals surface area contributed by atoms with Gasteiger partial charge in [-0.25, -0.2) is 8.42 Å². The van der Waals surface area contributed by atoms with Gasteiger partial charge < -0.3 is 24.9 Å². The zero-order chi connectivity index (χ0) is 23.6. The fourth-order valence-corrected chi connectivity index (χ4v) is 5.21. The van der Waals surface area contributed by atoms with Gasteiger partial charge in [0, 0.05) is 42.7 Å². The molecule has 1 aromatic heterocycles. The van der Waals surface area contributed by atoms with E-state index in [2.05, 4.69) is 10.3 Å². The van der Waals surface area contributed by atoms with Crippen LogP contribution in [0.25, 0.3) is 10.9 Å². The molecule has 33 heavy (non-hydrogen) atoms. The summed E-state index contributed by atoms with van der Waals surface area (Å²) in [5.74, 6) is -1.44. The molecule has 0 unspecified atom stereocenters. The lowest BCUT2D eigenvalue weighted by atomic mass is 10.0. The number of fused-ring (bicyclic) bond motifs is 1. The molecule has 2 N–H and O–H groups in total. The lowest BCUT2D eigenvalue weighted by molar-refractivity contribution is -0.384. The van der Waals surface area contributed by atoms with Gasteiger partial charge in [-0.1, -0.05) is 18.2 Å². The number of carboxylic acid groups (broad SMARTS) is 1. The first kappa shape index (κ1) is 22.7. The van der Waals surface area contributed by atoms with Crippen LogP contribution in [-0.2, 0) is 26.0 Å². The highest BCUT2D eigenvalue weighted by atomic mass is 32.2. The van der Waals surface area contributed by atoms with Gasteiger partial charge in [-0.15, -0.1) is 0 Å². The van der Waals surface area contributed by atoms with Crippen LogP contribution in [0.5, 0.6) is 0 Å². The Labute approximate surface area is 189 Å². The highest BCUT2D eigenvalue weighted by Gasteiger charge is 2.29. The van der Waals surface area contributed by atoms with Crippen molar-refractivity contribution in [1.29, 1.82) is 0 Å². The molecule has 2 heterocycles. The van der Waals surface area contributed by atoms with Gasteiger partial charge in [0.25, 0.3) is 5.69 Å². The molecule has 3 aromatic rings. The number of sulfonamides is 1. The monoisotopic (exact) mass is 473 g/mol. The summed E-state index contributed by atoms with van der Waals surface area (Å²) in [4.78, 5) is 25.6. The van der Waals surface area contributed by atoms with Gasteiger partial charge in [0.15, 0.2) is 0 Å². The number of H-pyrrole nitrogens is 1. The van der Waals surface area contributed by atoms with E-state index >= 15 is 0 Å². The van der Waals surface area contributed by atoms with Crippen LogP contribution in [-0.4, -0.2) is 60.9 Å². The van der Waals surface area contributed by atoms with Crippen LogP contribution < -0.4 is 10.4 Å². The number of carboxylic acids is 1.